The third kappa shape index (κ3) is 4.75. The lowest BCUT2D eigenvalue weighted by molar-refractivity contribution is -0.141. The first-order valence-corrected chi connectivity index (χ1v) is 6.16. The van der Waals surface area contributed by atoms with Gasteiger partial charge in [0.15, 0.2) is 0 Å². The van der Waals surface area contributed by atoms with Crippen molar-refractivity contribution in [2.75, 3.05) is 13.7 Å². The third-order valence-electron chi connectivity index (χ3n) is 2.75. The van der Waals surface area contributed by atoms with Gasteiger partial charge in [0.05, 0.1) is 7.11 Å². The molecule has 4 nitrogen and oxygen atoms in total. The number of esters is 1. The van der Waals surface area contributed by atoms with E-state index < -0.39 is 0 Å². The zero-order valence-electron chi connectivity index (χ0n) is 11.2. The molecule has 1 unspecified atom stereocenters. The van der Waals surface area contributed by atoms with Crippen molar-refractivity contribution in [2.45, 2.75) is 32.9 Å². The van der Waals surface area contributed by atoms with E-state index in [2.05, 4.69) is 12.2 Å². The Kier molecular flexibility index (Phi) is 6.22. The van der Waals surface area contributed by atoms with Gasteiger partial charge in [-0.1, -0.05) is 25.1 Å². The summed E-state index contributed by atoms with van der Waals surface area (Å²) >= 11 is 0. The minimum Gasteiger partial charge on any atom is -0.496 e. The van der Waals surface area contributed by atoms with Gasteiger partial charge in [0.2, 0.25) is 0 Å². The van der Waals surface area contributed by atoms with Crippen molar-refractivity contribution in [3.63, 3.8) is 0 Å². The number of carbonyl (C=O) groups is 1. The Hall–Kier alpha value is -1.55. The molecule has 0 aliphatic rings. The fourth-order valence-corrected chi connectivity index (χ4v) is 1.64. The van der Waals surface area contributed by atoms with Crippen molar-refractivity contribution in [3.8, 4) is 5.75 Å². The van der Waals surface area contributed by atoms with Crippen LogP contribution in [0.2, 0.25) is 0 Å². The van der Waals surface area contributed by atoms with Crippen molar-refractivity contribution in [3.05, 3.63) is 29.8 Å². The molecule has 4 heteroatoms. The summed E-state index contributed by atoms with van der Waals surface area (Å²) in [4.78, 5) is 10.8. The van der Waals surface area contributed by atoms with Gasteiger partial charge in [-0.25, -0.2) is 0 Å². The second kappa shape index (κ2) is 7.71. The van der Waals surface area contributed by atoms with E-state index in [1.54, 1.807) is 7.11 Å². The molecule has 0 saturated carbocycles. The first kappa shape index (κ1) is 14.5. The van der Waals surface area contributed by atoms with Gasteiger partial charge in [-0.3, -0.25) is 4.79 Å². The van der Waals surface area contributed by atoms with Gasteiger partial charge in [0, 0.05) is 25.1 Å². The van der Waals surface area contributed by atoms with Gasteiger partial charge in [0.1, 0.15) is 12.4 Å². The van der Waals surface area contributed by atoms with Crippen LogP contribution in [0, 0.1) is 0 Å². The Morgan fingerprint density at radius 3 is 2.72 bits per heavy atom. The second-order valence-electron chi connectivity index (χ2n) is 4.10. The molecule has 0 bridgehead atoms. The largest absolute Gasteiger partial charge is 0.496 e. The van der Waals surface area contributed by atoms with Crippen LogP contribution in [0.15, 0.2) is 24.3 Å². The van der Waals surface area contributed by atoms with E-state index in [1.807, 2.05) is 24.3 Å². The normalized spacial score (nSPS) is 11.9. The van der Waals surface area contributed by atoms with Crippen LogP contribution >= 0.6 is 0 Å². The van der Waals surface area contributed by atoms with Gasteiger partial charge < -0.3 is 14.8 Å². The summed E-state index contributed by atoms with van der Waals surface area (Å²) < 4.78 is 10.3. The van der Waals surface area contributed by atoms with Gasteiger partial charge in [0.25, 0.3) is 0 Å². The molecule has 100 valence electrons. The number of benzene rings is 1. The highest BCUT2D eigenvalue weighted by molar-refractivity contribution is 5.65. The fraction of sp³-hybridized carbons (Fsp3) is 0.500. The first-order chi connectivity index (χ1) is 8.67. The van der Waals surface area contributed by atoms with E-state index in [9.17, 15) is 4.79 Å². The average molecular weight is 251 g/mol. The number of nitrogens with one attached hydrogen (secondary N) is 1. The van der Waals surface area contributed by atoms with E-state index in [1.165, 1.54) is 6.92 Å². The number of hydrogen-bond acceptors (Lipinski definition) is 4. The summed E-state index contributed by atoms with van der Waals surface area (Å²) in [5.41, 5.74) is 1.10. The van der Waals surface area contributed by atoms with Crippen molar-refractivity contribution in [1.29, 1.82) is 0 Å². The predicted molar refractivity (Wildman–Crippen MR) is 70.5 cm³/mol. The summed E-state index contributed by atoms with van der Waals surface area (Å²) in [6.45, 7) is 4.58. The van der Waals surface area contributed by atoms with Crippen molar-refractivity contribution in [1.82, 2.24) is 5.32 Å². The molecular weight excluding hydrogens is 230 g/mol. The van der Waals surface area contributed by atoms with Gasteiger partial charge >= 0.3 is 5.97 Å². The van der Waals surface area contributed by atoms with Crippen LogP contribution in [0.1, 0.15) is 25.8 Å². The van der Waals surface area contributed by atoms with Crippen LogP contribution in [0.4, 0.5) is 0 Å². The number of para-hydroxylation sites is 1. The monoisotopic (exact) mass is 251 g/mol. The summed E-state index contributed by atoms with van der Waals surface area (Å²) in [7, 11) is 1.66. The highest BCUT2D eigenvalue weighted by Crippen LogP contribution is 2.16. The Labute approximate surface area is 108 Å². The lowest BCUT2D eigenvalue weighted by atomic mass is 10.1. The van der Waals surface area contributed by atoms with E-state index in [4.69, 9.17) is 9.47 Å². The van der Waals surface area contributed by atoms with Crippen molar-refractivity contribution >= 4 is 5.97 Å². The van der Waals surface area contributed by atoms with Gasteiger partial charge in [-0.15, -0.1) is 0 Å². The fourth-order valence-electron chi connectivity index (χ4n) is 1.64. The number of methoxy groups -OCH3 is 1. The molecule has 1 aromatic rings. The summed E-state index contributed by atoms with van der Waals surface area (Å²) in [6.07, 6.45) is 0.905. The molecule has 0 spiro atoms. The third-order valence-corrected chi connectivity index (χ3v) is 2.75. The number of ether oxygens (including phenoxy) is 2. The summed E-state index contributed by atoms with van der Waals surface area (Å²) in [5.74, 6) is 0.625. The molecule has 1 rings (SSSR count). The zero-order valence-corrected chi connectivity index (χ0v) is 11.2. The maximum absolute atomic E-state index is 10.8. The van der Waals surface area contributed by atoms with E-state index >= 15 is 0 Å². The second-order valence-corrected chi connectivity index (χ2v) is 4.10. The quantitative estimate of drug-likeness (QED) is 0.754. The van der Waals surface area contributed by atoms with Crippen LogP contribution < -0.4 is 10.1 Å². The molecule has 18 heavy (non-hydrogen) atoms. The van der Waals surface area contributed by atoms with Crippen LogP contribution in [-0.2, 0) is 16.1 Å². The Bertz CT molecular complexity index is 379. The molecule has 0 aliphatic heterocycles. The minimum absolute atomic E-state index is 0.166. The summed E-state index contributed by atoms with van der Waals surface area (Å²) in [6, 6.07) is 8.04. The van der Waals surface area contributed by atoms with Crippen LogP contribution in [0.3, 0.4) is 0 Å². The van der Waals surface area contributed by atoms with E-state index in [-0.39, 0.29) is 12.0 Å². The Balaban J connectivity index is 2.48. The lowest BCUT2D eigenvalue weighted by Crippen LogP contribution is -2.33. The lowest BCUT2D eigenvalue weighted by Gasteiger charge is -2.17. The molecule has 1 N–H and O–H groups in total. The van der Waals surface area contributed by atoms with Crippen LogP contribution in [0.5, 0.6) is 5.75 Å². The molecule has 0 amide bonds. The average Bonchev–Trinajstić information content (AvgIpc) is 2.39. The number of hydrogen-bond donors (Lipinski definition) is 1. The highest BCUT2D eigenvalue weighted by atomic mass is 16.5. The highest BCUT2D eigenvalue weighted by Gasteiger charge is 2.09. The number of carbonyl (C=O) groups excluding carboxylic acids is 1. The Morgan fingerprint density at radius 1 is 1.39 bits per heavy atom. The molecular formula is C14H21NO3. The molecule has 0 aliphatic carbocycles. The van der Waals surface area contributed by atoms with Gasteiger partial charge in [-0.05, 0) is 12.5 Å². The molecule has 0 radical (unpaired) electrons. The van der Waals surface area contributed by atoms with Crippen LogP contribution in [0.25, 0.3) is 0 Å². The van der Waals surface area contributed by atoms with Gasteiger partial charge in [-0.2, -0.15) is 0 Å². The standard InChI is InChI=1S/C14H21NO3/c1-4-13(10-18-11(2)16)15-9-12-7-5-6-8-14(12)17-3/h5-8,13,15H,4,9-10H2,1-3H3. The molecule has 1 atom stereocenters. The maximum Gasteiger partial charge on any atom is 0.302 e. The molecule has 0 heterocycles. The molecule has 0 fully saturated rings. The predicted octanol–water partition coefficient (Wildman–Crippen LogP) is 2.13. The molecule has 1 aromatic carbocycles. The SMILES string of the molecule is CCC(COC(C)=O)NCc1ccccc1OC. The molecule has 0 aromatic heterocycles. The Morgan fingerprint density at radius 2 is 2.11 bits per heavy atom. The summed E-state index contributed by atoms with van der Waals surface area (Å²) in [5, 5.41) is 3.36. The smallest absolute Gasteiger partial charge is 0.302 e. The van der Waals surface area contributed by atoms with E-state index in [0.29, 0.717) is 13.2 Å². The molecule has 0 saturated heterocycles. The van der Waals surface area contributed by atoms with Crippen molar-refractivity contribution < 1.29 is 14.3 Å². The van der Waals surface area contributed by atoms with Crippen molar-refractivity contribution in [2.24, 2.45) is 0 Å². The van der Waals surface area contributed by atoms with E-state index in [0.717, 1.165) is 17.7 Å². The van der Waals surface area contributed by atoms with Crippen LogP contribution in [-0.4, -0.2) is 25.7 Å². The topological polar surface area (TPSA) is 47.6 Å². The first-order valence-electron chi connectivity index (χ1n) is 6.16. The zero-order chi connectivity index (χ0) is 13.4. The minimum atomic E-state index is -0.243. The number of rotatable bonds is 7. The maximum atomic E-state index is 10.8.